The number of benzene rings is 2. The number of nitrogens with zero attached hydrogens (tertiary/aromatic N) is 3. The minimum Gasteiger partial charge on any atom is -0.497 e. The van der Waals surface area contributed by atoms with Gasteiger partial charge < -0.3 is 15.0 Å². The van der Waals surface area contributed by atoms with Crippen molar-refractivity contribution in [1.82, 2.24) is 19.7 Å². The number of methoxy groups -OCH3 is 1. The third-order valence-corrected chi connectivity index (χ3v) is 5.25. The second kappa shape index (κ2) is 8.42. The van der Waals surface area contributed by atoms with E-state index in [-0.39, 0.29) is 17.2 Å². The zero-order chi connectivity index (χ0) is 21.1. The summed E-state index contributed by atoms with van der Waals surface area (Å²) in [6, 6.07) is 14.8. The molecule has 4 aromatic rings. The molecule has 1 amide bonds. The first kappa shape index (κ1) is 19.7. The van der Waals surface area contributed by atoms with Crippen molar-refractivity contribution in [2.45, 2.75) is 12.1 Å². The van der Waals surface area contributed by atoms with Crippen LogP contribution in [0.1, 0.15) is 5.56 Å². The van der Waals surface area contributed by atoms with E-state index < -0.39 is 0 Å². The van der Waals surface area contributed by atoms with Crippen LogP contribution in [0.25, 0.3) is 16.7 Å². The van der Waals surface area contributed by atoms with Crippen LogP contribution in [0.5, 0.6) is 5.75 Å². The van der Waals surface area contributed by atoms with E-state index in [1.807, 2.05) is 31.2 Å². The van der Waals surface area contributed by atoms with Gasteiger partial charge in [0.15, 0.2) is 10.8 Å². The van der Waals surface area contributed by atoms with Gasteiger partial charge in [0, 0.05) is 5.69 Å². The van der Waals surface area contributed by atoms with Gasteiger partial charge >= 0.3 is 0 Å². The highest BCUT2D eigenvalue weighted by molar-refractivity contribution is 7.99. The van der Waals surface area contributed by atoms with Gasteiger partial charge in [-0.1, -0.05) is 23.9 Å². The Bertz CT molecular complexity index is 1260. The maximum atomic E-state index is 12.4. The van der Waals surface area contributed by atoms with Gasteiger partial charge in [0.2, 0.25) is 5.91 Å². The monoisotopic (exact) mass is 421 g/mol. The number of hydrogen-bond donors (Lipinski definition) is 2. The second-order valence-corrected chi connectivity index (χ2v) is 7.53. The lowest BCUT2D eigenvalue weighted by molar-refractivity contribution is -0.113. The van der Waals surface area contributed by atoms with Crippen LogP contribution in [-0.2, 0) is 4.79 Å². The zero-order valence-corrected chi connectivity index (χ0v) is 17.2. The number of fused-ring (bicyclic) bond motifs is 1. The number of thioether (sulfide) groups is 1. The van der Waals surface area contributed by atoms with E-state index in [0.717, 1.165) is 23.0 Å². The fourth-order valence-corrected chi connectivity index (χ4v) is 3.58. The molecule has 0 unspecified atom stereocenters. The number of amides is 1. The number of hydrogen-bond acceptors (Lipinski definition) is 6. The quantitative estimate of drug-likeness (QED) is 0.366. The molecule has 2 aromatic heterocycles. The molecule has 8 nitrogen and oxygen atoms in total. The number of aromatic amines is 1. The molecular weight excluding hydrogens is 402 g/mol. The predicted octanol–water partition coefficient (Wildman–Crippen LogP) is 3.16. The van der Waals surface area contributed by atoms with Crippen molar-refractivity contribution < 1.29 is 9.53 Å². The number of H-pyrrole nitrogens is 1. The van der Waals surface area contributed by atoms with E-state index in [2.05, 4.69) is 20.4 Å². The molecule has 0 aliphatic heterocycles. The summed E-state index contributed by atoms with van der Waals surface area (Å²) < 4.78 is 6.73. The van der Waals surface area contributed by atoms with Crippen molar-refractivity contribution in [3.63, 3.8) is 0 Å². The lowest BCUT2D eigenvalue weighted by Crippen LogP contribution is -2.15. The van der Waals surface area contributed by atoms with Crippen molar-refractivity contribution in [3.05, 3.63) is 70.6 Å². The van der Waals surface area contributed by atoms with Crippen molar-refractivity contribution in [2.75, 3.05) is 18.2 Å². The van der Waals surface area contributed by atoms with Crippen LogP contribution < -0.4 is 15.6 Å². The largest absolute Gasteiger partial charge is 0.497 e. The first-order chi connectivity index (χ1) is 14.5. The molecule has 2 heterocycles. The van der Waals surface area contributed by atoms with Gasteiger partial charge in [-0.3, -0.25) is 9.59 Å². The summed E-state index contributed by atoms with van der Waals surface area (Å²) in [5.41, 5.74) is 2.71. The Balaban J connectivity index is 1.52. The Hall–Kier alpha value is -3.59. The molecule has 0 saturated heterocycles. The molecule has 2 N–H and O–H groups in total. The lowest BCUT2D eigenvalue weighted by Gasteiger charge is -2.07. The van der Waals surface area contributed by atoms with Gasteiger partial charge in [0.05, 0.1) is 24.7 Å². The Morgan fingerprint density at radius 1 is 1.23 bits per heavy atom. The van der Waals surface area contributed by atoms with E-state index in [9.17, 15) is 9.59 Å². The molecular formula is C21H19N5O3S. The van der Waals surface area contributed by atoms with Gasteiger partial charge in [-0.05, 0) is 48.9 Å². The van der Waals surface area contributed by atoms with Crippen LogP contribution in [0.2, 0.25) is 0 Å². The first-order valence-electron chi connectivity index (χ1n) is 9.15. The minimum absolute atomic E-state index is 0.0963. The van der Waals surface area contributed by atoms with Crippen molar-refractivity contribution in [1.29, 1.82) is 0 Å². The van der Waals surface area contributed by atoms with E-state index in [4.69, 9.17) is 4.74 Å². The number of carbonyl (C=O) groups excluding carboxylic acids is 1. The fraction of sp³-hybridized carbons (Fsp3) is 0.143. The van der Waals surface area contributed by atoms with E-state index >= 15 is 0 Å². The molecule has 0 fully saturated rings. The summed E-state index contributed by atoms with van der Waals surface area (Å²) in [6.07, 6.45) is 1.49. The summed E-state index contributed by atoms with van der Waals surface area (Å²) in [4.78, 5) is 31.9. The topological polar surface area (TPSA) is 102 Å². The van der Waals surface area contributed by atoms with Crippen LogP contribution in [0.3, 0.4) is 0 Å². The Morgan fingerprint density at radius 3 is 2.77 bits per heavy atom. The van der Waals surface area contributed by atoms with Crippen molar-refractivity contribution >= 4 is 34.4 Å². The standard InChI is InChI=1S/C21H19N5O3S/c1-13-4-3-5-15(10-13)26-19-17(11-22-26)20(28)25-21(24-19)30-12-18(27)23-14-6-8-16(29-2)9-7-14/h3-11H,12H2,1-2H3,(H,23,27)(H,24,25,28). The molecule has 0 aliphatic carbocycles. The SMILES string of the molecule is COc1ccc(NC(=O)CSc2nc3c(cnn3-c3cccc(C)c3)c(=O)[nH]2)cc1. The minimum atomic E-state index is -0.294. The molecule has 9 heteroatoms. The van der Waals surface area contributed by atoms with Crippen LogP contribution in [0.4, 0.5) is 5.69 Å². The number of ether oxygens (including phenoxy) is 1. The van der Waals surface area contributed by atoms with Crippen LogP contribution in [-0.4, -0.2) is 38.5 Å². The smallest absolute Gasteiger partial charge is 0.262 e. The first-order valence-corrected chi connectivity index (χ1v) is 10.1. The fourth-order valence-electron chi connectivity index (χ4n) is 2.92. The Morgan fingerprint density at radius 2 is 2.03 bits per heavy atom. The number of nitrogens with one attached hydrogen (secondary N) is 2. The normalized spacial score (nSPS) is 10.9. The van der Waals surface area contributed by atoms with Gasteiger partial charge in [0.25, 0.3) is 5.56 Å². The van der Waals surface area contributed by atoms with E-state index in [1.165, 1.54) is 6.20 Å². The Labute approximate surface area is 176 Å². The number of anilines is 1. The van der Waals surface area contributed by atoms with E-state index in [0.29, 0.717) is 27.6 Å². The van der Waals surface area contributed by atoms with Crippen LogP contribution >= 0.6 is 11.8 Å². The van der Waals surface area contributed by atoms with Crippen LogP contribution in [0.15, 0.2) is 64.7 Å². The van der Waals surface area contributed by atoms with Gasteiger partial charge in [-0.25, -0.2) is 9.67 Å². The highest BCUT2D eigenvalue weighted by atomic mass is 32.2. The third-order valence-electron chi connectivity index (χ3n) is 4.38. The summed E-state index contributed by atoms with van der Waals surface area (Å²) in [5.74, 6) is 0.599. The number of rotatable bonds is 6. The molecule has 0 bridgehead atoms. The molecule has 0 radical (unpaired) electrons. The summed E-state index contributed by atoms with van der Waals surface area (Å²) in [5, 5.41) is 7.86. The highest BCUT2D eigenvalue weighted by Gasteiger charge is 2.13. The average Bonchev–Trinajstić information content (AvgIpc) is 3.17. The molecule has 0 spiro atoms. The number of aromatic nitrogens is 4. The van der Waals surface area contributed by atoms with Crippen molar-refractivity contribution in [3.8, 4) is 11.4 Å². The summed E-state index contributed by atoms with van der Waals surface area (Å²) in [6.45, 7) is 1.98. The summed E-state index contributed by atoms with van der Waals surface area (Å²) in [7, 11) is 1.58. The Kier molecular flexibility index (Phi) is 5.53. The third kappa shape index (κ3) is 4.20. The molecule has 30 heavy (non-hydrogen) atoms. The van der Waals surface area contributed by atoms with E-state index in [1.54, 1.807) is 36.1 Å². The molecule has 0 saturated carbocycles. The number of aryl methyl sites for hydroxylation is 1. The molecule has 0 aliphatic rings. The van der Waals surface area contributed by atoms with Gasteiger partial charge in [-0.2, -0.15) is 5.10 Å². The zero-order valence-electron chi connectivity index (χ0n) is 16.4. The lowest BCUT2D eigenvalue weighted by atomic mass is 10.2. The molecule has 0 atom stereocenters. The summed E-state index contributed by atoms with van der Waals surface area (Å²) >= 11 is 1.15. The maximum Gasteiger partial charge on any atom is 0.262 e. The second-order valence-electron chi connectivity index (χ2n) is 6.57. The predicted molar refractivity (Wildman–Crippen MR) is 117 cm³/mol. The number of carbonyl (C=O) groups is 1. The molecule has 4 rings (SSSR count). The molecule has 152 valence electrons. The van der Waals surface area contributed by atoms with Gasteiger partial charge in [-0.15, -0.1) is 0 Å². The molecule has 2 aromatic carbocycles. The van der Waals surface area contributed by atoms with Crippen molar-refractivity contribution in [2.24, 2.45) is 0 Å². The average molecular weight is 421 g/mol. The van der Waals surface area contributed by atoms with Crippen LogP contribution in [0, 0.1) is 6.92 Å². The maximum absolute atomic E-state index is 12.4. The van der Waals surface area contributed by atoms with Gasteiger partial charge in [0.1, 0.15) is 11.1 Å². The highest BCUT2D eigenvalue weighted by Crippen LogP contribution is 2.19.